The molecule has 0 saturated heterocycles. The van der Waals surface area contributed by atoms with E-state index in [9.17, 15) is 9.18 Å². The largest absolute Gasteiger partial charge is 0.484 e. The number of carbonyl (C=O) groups excluding carboxylic acids is 1. The third-order valence-corrected chi connectivity index (χ3v) is 3.70. The molecular formula is C14H9BrCl2FNO2. The van der Waals surface area contributed by atoms with Crippen molar-refractivity contribution in [1.82, 2.24) is 0 Å². The molecule has 0 aliphatic rings. The maximum Gasteiger partial charge on any atom is 0.262 e. The number of hydrogen-bond donors (Lipinski definition) is 1. The molecular weight excluding hydrogens is 384 g/mol. The summed E-state index contributed by atoms with van der Waals surface area (Å²) < 4.78 is 19.4. The van der Waals surface area contributed by atoms with Crippen LogP contribution in [0.15, 0.2) is 40.9 Å². The van der Waals surface area contributed by atoms with Crippen molar-refractivity contribution in [2.45, 2.75) is 0 Å². The van der Waals surface area contributed by atoms with Crippen molar-refractivity contribution in [1.29, 1.82) is 0 Å². The van der Waals surface area contributed by atoms with Gasteiger partial charge in [-0.1, -0.05) is 39.1 Å². The molecule has 7 heteroatoms. The lowest BCUT2D eigenvalue weighted by Crippen LogP contribution is -2.20. The van der Waals surface area contributed by atoms with Crippen LogP contribution >= 0.6 is 39.1 Å². The van der Waals surface area contributed by atoms with Gasteiger partial charge in [0.1, 0.15) is 11.6 Å². The Balaban J connectivity index is 1.94. The van der Waals surface area contributed by atoms with Crippen LogP contribution < -0.4 is 10.1 Å². The minimum atomic E-state index is -0.535. The molecule has 0 aliphatic heterocycles. The average Bonchev–Trinajstić information content (AvgIpc) is 2.43. The normalized spacial score (nSPS) is 10.3. The molecule has 110 valence electrons. The number of amides is 1. The van der Waals surface area contributed by atoms with E-state index in [-0.39, 0.29) is 12.3 Å². The first-order valence-corrected chi connectivity index (χ1v) is 7.33. The molecule has 0 bridgehead atoms. The summed E-state index contributed by atoms with van der Waals surface area (Å²) in [6, 6.07) is 8.98. The van der Waals surface area contributed by atoms with Crippen LogP contribution in [0.5, 0.6) is 5.75 Å². The van der Waals surface area contributed by atoms with Crippen molar-refractivity contribution < 1.29 is 13.9 Å². The van der Waals surface area contributed by atoms with E-state index in [2.05, 4.69) is 21.2 Å². The van der Waals surface area contributed by atoms with Crippen molar-refractivity contribution in [3.63, 3.8) is 0 Å². The van der Waals surface area contributed by atoms with E-state index < -0.39 is 11.7 Å². The van der Waals surface area contributed by atoms with Crippen LogP contribution in [0.4, 0.5) is 10.1 Å². The van der Waals surface area contributed by atoms with E-state index in [1.807, 2.05) is 0 Å². The van der Waals surface area contributed by atoms with Gasteiger partial charge in [-0.25, -0.2) is 4.39 Å². The molecule has 2 rings (SSSR count). The van der Waals surface area contributed by atoms with Gasteiger partial charge in [-0.3, -0.25) is 4.79 Å². The van der Waals surface area contributed by atoms with Gasteiger partial charge >= 0.3 is 0 Å². The average molecular weight is 393 g/mol. The van der Waals surface area contributed by atoms with Crippen molar-refractivity contribution in [2.75, 3.05) is 11.9 Å². The third-order valence-electron chi connectivity index (χ3n) is 2.47. The van der Waals surface area contributed by atoms with Crippen LogP contribution in [0.25, 0.3) is 0 Å². The summed E-state index contributed by atoms with van der Waals surface area (Å²) in [6.45, 7) is -0.270. The second-order valence-electron chi connectivity index (χ2n) is 4.04. The van der Waals surface area contributed by atoms with Gasteiger partial charge in [0.15, 0.2) is 6.61 Å². The quantitative estimate of drug-likeness (QED) is 0.802. The van der Waals surface area contributed by atoms with Gasteiger partial charge in [0.2, 0.25) is 0 Å². The fourth-order valence-electron chi connectivity index (χ4n) is 1.49. The molecule has 0 atom stereocenters. The Bertz CT molecular complexity index is 682. The van der Waals surface area contributed by atoms with Crippen molar-refractivity contribution >= 4 is 50.7 Å². The van der Waals surface area contributed by atoms with E-state index in [1.54, 1.807) is 18.2 Å². The molecule has 2 aromatic rings. The molecule has 21 heavy (non-hydrogen) atoms. The van der Waals surface area contributed by atoms with E-state index in [4.69, 9.17) is 27.9 Å². The summed E-state index contributed by atoms with van der Waals surface area (Å²) in [5.41, 5.74) is 0.0842. The zero-order valence-corrected chi connectivity index (χ0v) is 13.6. The van der Waals surface area contributed by atoms with Gasteiger partial charge in [0.25, 0.3) is 5.91 Å². The summed E-state index contributed by atoms with van der Waals surface area (Å²) in [7, 11) is 0. The highest BCUT2D eigenvalue weighted by Gasteiger charge is 2.09. The Morgan fingerprint density at radius 2 is 1.95 bits per heavy atom. The third kappa shape index (κ3) is 4.59. The fourth-order valence-corrected chi connectivity index (χ4v) is 2.11. The highest BCUT2D eigenvalue weighted by atomic mass is 79.9. The Labute approximate surface area is 139 Å². The zero-order chi connectivity index (χ0) is 15.4. The molecule has 0 saturated carbocycles. The maximum absolute atomic E-state index is 13.6. The summed E-state index contributed by atoms with van der Waals surface area (Å²) in [6.07, 6.45) is 0. The summed E-state index contributed by atoms with van der Waals surface area (Å²) in [5, 5.41) is 3.14. The second-order valence-corrected chi connectivity index (χ2v) is 5.77. The minimum Gasteiger partial charge on any atom is -0.484 e. The number of benzene rings is 2. The number of ether oxygens (including phenoxy) is 1. The van der Waals surface area contributed by atoms with Crippen LogP contribution in [-0.4, -0.2) is 12.5 Å². The Morgan fingerprint density at radius 1 is 1.19 bits per heavy atom. The lowest BCUT2D eigenvalue weighted by atomic mass is 10.3. The molecule has 0 radical (unpaired) electrons. The summed E-state index contributed by atoms with van der Waals surface area (Å²) >= 11 is 14.7. The first-order valence-electron chi connectivity index (χ1n) is 5.78. The first kappa shape index (κ1) is 16.1. The second kappa shape index (κ2) is 7.11. The lowest BCUT2D eigenvalue weighted by Gasteiger charge is -2.09. The molecule has 1 N–H and O–H groups in total. The highest BCUT2D eigenvalue weighted by molar-refractivity contribution is 9.10. The van der Waals surface area contributed by atoms with E-state index in [0.717, 1.165) is 0 Å². The molecule has 2 aromatic carbocycles. The van der Waals surface area contributed by atoms with Crippen LogP contribution in [-0.2, 0) is 4.79 Å². The SMILES string of the molecule is O=C(COc1ccc(Cl)c(Cl)c1)Nc1ccc(Br)cc1F. The predicted molar refractivity (Wildman–Crippen MR) is 84.7 cm³/mol. The number of nitrogens with one attached hydrogen (secondary N) is 1. The van der Waals surface area contributed by atoms with E-state index >= 15 is 0 Å². The highest BCUT2D eigenvalue weighted by Crippen LogP contribution is 2.26. The smallest absolute Gasteiger partial charge is 0.262 e. The summed E-state index contributed by atoms with van der Waals surface area (Å²) in [4.78, 5) is 11.7. The number of anilines is 1. The van der Waals surface area contributed by atoms with Crippen molar-refractivity contribution in [3.05, 3.63) is 56.7 Å². The van der Waals surface area contributed by atoms with E-state index in [0.29, 0.717) is 20.3 Å². The number of halogens is 4. The van der Waals surface area contributed by atoms with E-state index in [1.165, 1.54) is 18.2 Å². The Morgan fingerprint density at radius 3 is 2.62 bits per heavy atom. The van der Waals surface area contributed by atoms with Crippen LogP contribution in [0, 0.1) is 5.82 Å². The van der Waals surface area contributed by atoms with Crippen molar-refractivity contribution in [2.24, 2.45) is 0 Å². The molecule has 0 unspecified atom stereocenters. The van der Waals surface area contributed by atoms with Crippen LogP contribution in [0.1, 0.15) is 0 Å². The Hall–Kier alpha value is -1.30. The first-order chi connectivity index (χ1) is 9.95. The molecule has 0 aromatic heterocycles. The number of rotatable bonds is 4. The lowest BCUT2D eigenvalue weighted by molar-refractivity contribution is -0.118. The molecule has 0 heterocycles. The number of carbonyl (C=O) groups is 1. The van der Waals surface area contributed by atoms with Gasteiger partial charge in [-0.15, -0.1) is 0 Å². The molecule has 0 spiro atoms. The van der Waals surface area contributed by atoms with Gasteiger partial charge in [0, 0.05) is 10.5 Å². The fraction of sp³-hybridized carbons (Fsp3) is 0.0714. The Kier molecular flexibility index (Phi) is 5.45. The topological polar surface area (TPSA) is 38.3 Å². The standard InChI is InChI=1S/C14H9BrCl2FNO2/c15-8-1-4-13(12(18)5-8)19-14(20)7-21-9-2-3-10(16)11(17)6-9/h1-6H,7H2,(H,19,20). The zero-order valence-electron chi connectivity index (χ0n) is 10.5. The minimum absolute atomic E-state index is 0.0842. The maximum atomic E-state index is 13.6. The predicted octanol–water partition coefficient (Wildman–Crippen LogP) is 4.91. The van der Waals surface area contributed by atoms with Gasteiger partial charge in [0.05, 0.1) is 15.7 Å². The summed E-state index contributed by atoms with van der Waals surface area (Å²) in [5.74, 6) is -0.620. The monoisotopic (exact) mass is 391 g/mol. The van der Waals surface area contributed by atoms with Crippen LogP contribution in [0.3, 0.4) is 0 Å². The van der Waals surface area contributed by atoms with Crippen LogP contribution in [0.2, 0.25) is 10.0 Å². The van der Waals surface area contributed by atoms with Crippen molar-refractivity contribution in [3.8, 4) is 5.75 Å². The number of hydrogen-bond acceptors (Lipinski definition) is 2. The molecule has 1 amide bonds. The van der Waals surface area contributed by atoms with Gasteiger partial charge in [-0.05, 0) is 30.3 Å². The molecule has 0 aliphatic carbocycles. The van der Waals surface area contributed by atoms with Gasteiger partial charge in [-0.2, -0.15) is 0 Å². The molecule has 0 fully saturated rings. The molecule has 3 nitrogen and oxygen atoms in total. The van der Waals surface area contributed by atoms with Gasteiger partial charge < -0.3 is 10.1 Å².